The van der Waals surface area contributed by atoms with Gasteiger partial charge in [0.2, 0.25) is 5.88 Å². The molecule has 0 N–H and O–H groups in total. The van der Waals surface area contributed by atoms with Gasteiger partial charge >= 0.3 is 0 Å². The van der Waals surface area contributed by atoms with Crippen LogP contribution in [0, 0.1) is 13.8 Å². The third-order valence-corrected chi connectivity index (χ3v) is 3.48. The highest BCUT2D eigenvalue weighted by Crippen LogP contribution is 2.23. The number of ether oxygens (including phenoxy) is 1. The smallest absolute Gasteiger partial charge is 0.215 e. The van der Waals surface area contributed by atoms with Crippen LogP contribution >= 0.6 is 12.4 Å². The zero-order valence-electron chi connectivity index (χ0n) is 12.7. The summed E-state index contributed by atoms with van der Waals surface area (Å²) in [6, 6.07) is 3.78. The molecule has 112 valence electrons. The van der Waals surface area contributed by atoms with E-state index in [-0.39, 0.29) is 12.4 Å². The first-order valence-electron chi connectivity index (χ1n) is 6.85. The van der Waals surface area contributed by atoms with Crippen molar-refractivity contribution >= 4 is 29.1 Å². The van der Waals surface area contributed by atoms with Crippen molar-refractivity contribution in [3.05, 3.63) is 29.3 Å². The van der Waals surface area contributed by atoms with Gasteiger partial charge in [0.05, 0.1) is 24.0 Å². The number of fused-ring (bicyclic) bond motifs is 3. The fourth-order valence-corrected chi connectivity index (χ4v) is 2.65. The lowest BCUT2D eigenvalue weighted by Gasteiger charge is -2.08. The third-order valence-electron chi connectivity index (χ3n) is 3.48. The lowest BCUT2D eigenvalue weighted by atomic mass is 10.3. The second-order valence-corrected chi connectivity index (χ2v) is 4.94. The first-order valence-corrected chi connectivity index (χ1v) is 6.85. The Balaban J connectivity index is 0.00000161. The maximum atomic E-state index is 5.24. The highest BCUT2D eigenvalue weighted by molar-refractivity contribution is 5.85. The lowest BCUT2D eigenvalue weighted by molar-refractivity contribution is 0.399. The van der Waals surface area contributed by atoms with Crippen molar-refractivity contribution in [3.63, 3.8) is 0 Å². The maximum absolute atomic E-state index is 5.24. The SMILES string of the molecule is CCCc1nc(C)c2c(C)nc3ccc(OC)nc3n12.Cl. The van der Waals surface area contributed by atoms with Crippen LogP contribution in [0.1, 0.15) is 30.6 Å². The molecule has 0 aliphatic rings. The molecule has 0 unspecified atom stereocenters. The van der Waals surface area contributed by atoms with Crippen LogP contribution in [0.2, 0.25) is 0 Å². The second-order valence-electron chi connectivity index (χ2n) is 4.94. The molecule has 0 bridgehead atoms. The molecule has 3 rings (SSSR count). The van der Waals surface area contributed by atoms with Gasteiger partial charge in [0.15, 0.2) is 5.65 Å². The van der Waals surface area contributed by atoms with E-state index in [9.17, 15) is 0 Å². The van der Waals surface area contributed by atoms with Crippen molar-refractivity contribution in [2.24, 2.45) is 0 Å². The number of aromatic nitrogens is 4. The molecular formula is C15H19ClN4O. The average Bonchev–Trinajstić information content (AvgIpc) is 2.77. The third kappa shape index (κ3) is 2.42. The van der Waals surface area contributed by atoms with E-state index >= 15 is 0 Å². The number of pyridine rings is 1. The molecule has 0 aliphatic heterocycles. The average molecular weight is 307 g/mol. The number of aryl methyl sites for hydroxylation is 3. The molecule has 0 saturated carbocycles. The maximum Gasteiger partial charge on any atom is 0.215 e. The van der Waals surface area contributed by atoms with Crippen LogP contribution in [0.5, 0.6) is 5.88 Å². The number of hydrogen-bond donors (Lipinski definition) is 0. The van der Waals surface area contributed by atoms with Crippen molar-refractivity contribution in [2.45, 2.75) is 33.6 Å². The van der Waals surface area contributed by atoms with Gasteiger partial charge in [0.1, 0.15) is 11.3 Å². The van der Waals surface area contributed by atoms with E-state index in [4.69, 9.17) is 4.74 Å². The molecule has 0 spiro atoms. The molecule has 3 aromatic rings. The Bertz CT molecular complexity index is 797. The Labute approximate surface area is 129 Å². The van der Waals surface area contributed by atoms with Crippen LogP contribution in [0.15, 0.2) is 12.1 Å². The fraction of sp³-hybridized carbons (Fsp3) is 0.400. The second kappa shape index (κ2) is 5.85. The molecule has 0 aliphatic carbocycles. The Morgan fingerprint density at radius 2 is 1.81 bits per heavy atom. The summed E-state index contributed by atoms with van der Waals surface area (Å²) in [7, 11) is 1.62. The van der Waals surface area contributed by atoms with Gasteiger partial charge in [-0.05, 0) is 26.3 Å². The van der Waals surface area contributed by atoms with Gasteiger partial charge in [-0.1, -0.05) is 6.92 Å². The summed E-state index contributed by atoms with van der Waals surface area (Å²) in [5, 5.41) is 0. The normalized spacial score (nSPS) is 10.9. The van der Waals surface area contributed by atoms with Crippen molar-refractivity contribution in [1.29, 1.82) is 0 Å². The molecule has 3 heterocycles. The molecule has 6 heteroatoms. The quantitative estimate of drug-likeness (QED) is 0.745. The molecule has 0 aromatic carbocycles. The predicted molar refractivity (Wildman–Crippen MR) is 85.6 cm³/mol. The van der Waals surface area contributed by atoms with Crippen molar-refractivity contribution in [2.75, 3.05) is 7.11 Å². The van der Waals surface area contributed by atoms with E-state index < -0.39 is 0 Å². The first kappa shape index (κ1) is 15.5. The number of nitrogens with zero attached hydrogens (tertiary/aromatic N) is 4. The standard InChI is InChI=1S/C15H18N4O.ClH/c1-5-6-12-17-10(3)14-9(2)16-11-7-8-13(20-4)18-15(11)19(12)14;/h7-8H,5-6H2,1-4H3;1H. The first-order chi connectivity index (χ1) is 9.65. The topological polar surface area (TPSA) is 52.3 Å². The number of hydrogen-bond acceptors (Lipinski definition) is 4. The number of methoxy groups -OCH3 is 1. The summed E-state index contributed by atoms with van der Waals surface area (Å²) < 4.78 is 7.36. The zero-order valence-corrected chi connectivity index (χ0v) is 13.5. The van der Waals surface area contributed by atoms with Crippen molar-refractivity contribution in [1.82, 2.24) is 19.4 Å². The minimum absolute atomic E-state index is 0. The zero-order chi connectivity index (χ0) is 14.3. The molecular weight excluding hydrogens is 288 g/mol. The van der Waals surface area contributed by atoms with Crippen LogP contribution in [0.3, 0.4) is 0 Å². The Morgan fingerprint density at radius 3 is 2.48 bits per heavy atom. The summed E-state index contributed by atoms with van der Waals surface area (Å²) >= 11 is 0. The highest BCUT2D eigenvalue weighted by Gasteiger charge is 2.15. The Morgan fingerprint density at radius 1 is 1.10 bits per heavy atom. The molecule has 5 nitrogen and oxygen atoms in total. The summed E-state index contributed by atoms with van der Waals surface area (Å²) in [5.41, 5.74) is 4.73. The molecule has 0 atom stereocenters. The van der Waals surface area contributed by atoms with E-state index in [1.54, 1.807) is 7.11 Å². The Kier molecular flexibility index (Phi) is 4.32. The summed E-state index contributed by atoms with van der Waals surface area (Å²) in [4.78, 5) is 13.9. The summed E-state index contributed by atoms with van der Waals surface area (Å²) in [6.45, 7) is 6.19. The highest BCUT2D eigenvalue weighted by atomic mass is 35.5. The van der Waals surface area contributed by atoms with E-state index in [0.29, 0.717) is 5.88 Å². The summed E-state index contributed by atoms with van der Waals surface area (Å²) in [6.07, 6.45) is 1.97. The number of halogens is 1. The molecule has 21 heavy (non-hydrogen) atoms. The van der Waals surface area contributed by atoms with Crippen LogP contribution in [0.25, 0.3) is 16.7 Å². The largest absolute Gasteiger partial charge is 0.481 e. The lowest BCUT2D eigenvalue weighted by Crippen LogP contribution is -2.02. The van der Waals surface area contributed by atoms with Gasteiger partial charge in [0.25, 0.3) is 0 Å². The minimum Gasteiger partial charge on any atom is -0.481 e. The van der Waals surface area contributed by atoms with Crippen LogP contribution in [0.4, 0.5) is 0 Å². The minimum atomic E-state index is 0. The monoisotopic (exact) mass is 306 g/mol. The number of imidazole rings is 1. The van der Waals surface area contributed by atoms with Crippen LogP contribution < -0.4 is 4.74 Å². The molecule has 3 aromatic heterocycles. The van der Waals surface area contributed by atoms with Gasteiger partial charge in [-0.3, -0.25) is 4.40 Å². The molecule has 0 amide bonds. The van der Waals surface area contributed by atoms with Gasteiger partial charge in [-0.15, -0.1) is 12.4 Å². The predicted octanol–water partition coefficient (Wildman–Crippen LogP) is 3.28. The van der Waals surface area contributed by atoms with E-state index in [2.05, 4.69) is 26.3 Å². The number of rotatable bonds is 3. The van der Waals surface area contributed by atoms with E-state index in [0.717, 1.165) is 46.7 Å². The molecule has 0 saturated heterocycles. The van der Waals surface area contributed by atoms with Crippen LogP contribution in [-0.2, 0) is 6.42 Å². The molecule has 0 fully saturated rings. The van der Waals surface area contributed by atoms with Crippen molar-refractivity contribution < 1.29 is 4.74 Å². The van der Waals surface area contributed by atoms with Gasteiger partial charge in [-0.2, -0.15) is 4.98 Å². The molecule has 0 radical (unpaired) electrons. The van der Waals surface area contributed by atoms with E-state index in [1.165, 1.54) is 0 Å². The van der Waals surface area contributed by atoms with E-state index in [1.807, 2.05) is 26.0 Å². The summed E-state index contributed by atoms with van der Waals surface area (Å²) in [5.74, 6) is 1.63. The van der Waals surface area contributed by atoms with Gasteiger partial charge < -0.3 is 4.74 Å². The fourth-order valence-electron chi connectivity index (χ4n) is 2.65. The van der Waals surface area contributed by atoms with Gasteiger partial charge in [-0.25, -0.2) is 9.97 Å². The van der Waals surface area contributed by atoms with Crippen LogP contribution in [-0.4, -0.2) is 26.5 Å². The van der Waals surface area contributed by atoms with Crippen molar-refractivity contribution in [3.8, 4) is 5.88 Å². The van der Waals surface area contributed by atoms with Gasteiger partial charge in [0, 0.05) is 12.5 Å². The Hall–Kier alpha value is -1.88.